The van der Waals surface area contributed by atoms with Crippen LogP contribution < -0.4 is 4.90 Å². The average molecular weight is 388 g/mol. The third kappa shape index (κ3) is 3.69. The first-order valence-corrected chi connectivity index (χ1v) is 10.8. The fourth-order valence-corrected chi connectivity index (χ4v) is 4.24. The lowest BCUT2D eigenvalue weighted by Gasteiger charge is -2.25. The lowest BCUT2D eigenvalue weighted by atomic mass is 10.1. The van der Waals surface area contributed by atoms with E-state index in [-0.39, 0.29) is 0 Å². The molecule has 0 atom stereocenters. The van der Waals surface area contributed by atoms with Crippen molar-refractivity contribution in [2.75, 3.05) is 18.0 Å². The standard InChI is InChI=1S/C24H23N2OS/c1-17-14-27-24-9-8-21(12-22(17)24)26(13-19-2-3-19)11-10-18-4-6-20(7-5-18)23-15-28-16-25-23/h4-9,12,15-16,19H,2-3,10-11,13H2,1H3. The fourth-order valence-electron chi connectivity index (χ4n) is 3.68. The average Bonchev–Trinajstić information content (AvgIpc) is 3.23. The molecule has 0 amide bonds. The van der Waals surface area contributed by atoms with E-state index < -0.39 is 0 Å². The molecule has 0 aliphatic heterocycles. The molecule has 0 bridgehead atoms. The molecular weight excluding hydrogens is 364 g/mol. The summed E-state index contributed by atoms with van der Waals surface area (Å²) >= 11 is 1.64. The molecule has 0 saturated heterocycles. The maximum Gasteiger partial charge on any atom is 0.173 e. The van der Waals surface area contributed by atoms with Gasteiger partial charge in [0.05, 0.1) is 11.2 Å². The Morgan fingerprint density at radius 2 is 2.04 bits per heavy atom. The van der Waals surface area contributed by atoms with Crippen LogP contribution in [-0.2, 0) is 6.42 Å². The number of hydrogen-bond acceptors (Lipinski definition) is 4. The molecule has 1 saturated carbocycles. The number of thiazole rings is 1. The van der Waals surface area contributed by atoms with E-state index in [9.17, 15) is 0 Å². The fraction of sp³-hybridized carbons (Fsp3) is 0.292. The molecule has 0 spiro atoms. The number of rotatable bonds is 7. The number of nitrogens with zero attached hydrogens (tertiary/aromatic N) is 2. The Bertz CT molecular complexity index is 1060. The Morgan fingerprint density at radius 3 is 2.79 bits per heavy atom. The summed E-state index contributed by atoms with van der Waals surface area (Å²) in [6.45, 7) is 4.23. The molecule has 2 aromatic heterocycles. The Morgan fingerprint density at radius 1 is 1.18 bits per heavy atom. The first-order chi connectivity index (χ1) is 13.8. The van der Waals surface area contributed by atoms with Crippen molar-refractivity contribution < 1.29 is 4.42 Å². The maximum atomic E-state index is 5.50. The monoisotopic (exact) mass is 387 g/mol. The number of hydrogen-bond donors (Lipinski definition) is 0. The Hall–Kier alpha value is -2.59. The number of benzene rings is 2. The van der Waals surface area contributed by atoms with E-state index in [1.54, 1.807) is 11.3 Å². The lowest BCUT2D eigenvalue weighted by Crippen LogP contribution is -2.28. The van der Waals surface area contributed by atoms with Crippen molar-refractivity contribution in [3.8, 4) is 11.3 Å². The molecule has 1 aliphatic rings. The van der Waals surface area contributed by atoms with E-state index in [4.69, 9.17) is 4.42 Å². The van der Waals surface area contributed by atoms with Gasteiger partial charge in [-0.3, -0.25) is 0 Å². The summed E-state index contributed by atoms with van der Waals surface area (Å²) in [5, 5.41) is 3.27. The van der Waals surface area contributed by atoms with Crippen LogP contribution in [0.4, 0.5) is 5.69 Å². The molecule has 0 N–H and O–H groups in total. The summed E-state index contributed by atoms with van der Waals surface area (Å²) < 4.78 is 5.50. The van der Waals surface area contributed by atoms with Gasteiger partial charge in [-0.2, -0.15) is 0 Å². The smallest absolute Gasteiger partial charge is 0.173 e. The van der Waals surface area contributed by atoms with Gasteiger partial charge in [0.2, 0.25) is 0 Å². The highest BCUT2D eigenvalue weighted by Gasteiger charge is 2.24. The Kier molecular flexibility index (Phi) is 4.65. The molecule has 5 rings (SSSR count). The van der Waals surface area contributed by atoms with Crippen LogP contribution >= 0.6 is 11.3 Å². The van der Waals surface area contributed by atoms with Crippen molar-refractivity contribution in [1.82, 2.24) is 4.98 Å². The molecule has 0 unspecified atom stereocenters. The van der Waals surface area contributed by atoms with Gasteiger partial charge in [-0.05, 0) is 55.9 Å². The van der Waals surface area contributed by atoms with Crippen molar-refractivity contribution in [3.63, 3.8) is 0 Å². The molecular formula is C24H23N2OS. The second-order valence-corrected chi connectivity index (χ2v) is 8.44. The van der Waals surface area contributed by atoms with Gasteiger partial charge in [0, 0.05) is 40.7 Å². The number of furan rings is 1. The third-order valence-corrected chi connectivity index (χ3v) is 6.16. The quantitative estimate of drug-likeness (QED) is 0.382. The number of aryl methyl sites for hydroxylation is 1. The normalized spacial score (nSPS) is 13.9. The topological polar surface area (TPSA) is 29.3 Å². The second kappa shape index (κ2) is 7.44. The van der Waals surface area contributed by atoms with Gasteiger partial charge in [0.1, 0.15) is 5.58 Å². The molecule has 2 aromatic carbocycles. The van der Waals surface area contributed by atoms with E-state index in [2.05, 4.69) is 70.9 Å². The van der Waals surface area contributed by atoms with Crippen LogP contribution in [0.1, 0.15) is 24.0 Å². The third-order valence-electron chi connectivity index (χ3n) is 5.57. The largest absolute Gasteiger partial charge is 0.452 e. The van der Waals surface area contributed by atoms with Crippen LogP contribution in [0.2, 0.25) is 0 Å². The van der Waals surface area contributed by atoms with E-state index in [1.807, 2.05) is 5.51 Å². The van der Waals surface area contributed by atoms with Crippen LogP contribution in [-0.4, -0.2) is 18.1 Å². The lowest BCUT2D eigenvalue weighted by molar-refractivity contribution is 0.603. The Labute approximate surface area is 169 Å². The summed E-state index contributed by atoms with van der Waals surface area (Å²) in [5.41, 5.74) is 8.80. The van der Waals surface area contributed by atoms with Crippen molar-refractivity contribution in [1.29, 1.82) is 0 Å². The van der Waals surface area contributed by atoms with Crippen molar-refractivity contribution in [2.24, 2.45) is 5.92 Å². The van der Waals surface area contributed by atoms with E-state index in [0.29, 0.717) is 0 Å². The minimum atomic E-state index is 0.847. The first-order valence-electron chi connectivity index (χ1n) is 9.89. The highest BCUT2D eigenvalue weighted by atomic mass is 32.1. The predicted molar refractivity (Wildman–Crippen MR) is 116 cm³/mol. The maximum absolute atomic E-state index is 5.50. The summed E-state index contributed by atoms with van der Waals surface area (Å²) in [5.74, 6) is 0.847. The van der Waals surface area contributed by atoms with Gasteiger partial charge in [-0.15, -0.1) is 11.3 Å². The van der Waals surface area contributed by atoms with Crippen LogP contribution in [0.5, 0.6) is 0 Å². The van der Waals surface area contributed by atoms with Gasteiger partial charge >= 0.3 is 0 Å². The molecule has 1 aliphatic carbocycles. The minimum absolute atomic E-state index is 0.847. The molecule has 141 valence electrons. The highest BCUT2D eigenvalue weighted by molar-refractivity contribution is 7.07. The van der Waals surface area contributed by atoms with Gasteiger partial charge in [-0.25, -0.2) is 4.98 Å². The predicted octanol–water partition coefficient (Wildman–Crippen LogP) is 6.12. The zero-order chi connectivity index (χ0) is 18.9. The minimum Gasteiger partial charge on any atom is -0.452 e. The molecule has 28 heavy (non-hydrogen) atoms. The summed E-state index contributed by atoms with van der Waals surface area (Å²) in [4.78, 5) is 6.94. The second-order valence-electron chi connectivity index (χ2n) is 7.72. The number of anilines is 1. The van der Waals surface area contributed by atoms with Gasteiger partial charge < -0.3 is 9.32 Å². The molecule has 4 aromatic rings. The van der Waals surface area contributed by atoms with Crippen molar-refractivity contribution in [3.05, 3.63) is 70.7 Å². The zero-order valence-corrected chi connectivity index (χ0v) is 16.8. The summed E-state index contributed by atoms with van der Waals surface area (Å²) in [6, 6.07) is 15.4. The van der Waals surface area contributed by atoms with Crippen LogP contribution in [0, 0.1) is 19.1 Å². The number of fused-ring (bicyclic) bond motifs is 1. The Balaban J connectivity index is 1.33. The van der Waals surface area contributed by atoms with Crippen LogP contribution in [0.3, 0.4) is 0 Å². The molecule has 2 heterocycles. The van der Waals surface area contributed by atoms with Crippen molar-refractivity contribution >= 4 is 28.0 Å². The van der Waals surface area contributed by atoms with E-state index >= 15 is 0 Å². The summed E-state index contributed by atoms with van der Waals surface area (Å²) in [6.07, 6.45) is 6.73. The molecule has 4 heteroatoms. The zero-order valence-electron chi connectivity index (χ0n) is 16.0. The molecule has 3 nitrogen and oxygen atoms in total. The first kappa shape index (κ1) is 17.5. The van der Waals surface area contributed by atoms with E-state index in [1.165, 1.54) is 35.0 Å². The van der Waals surface area contributed by atoms with Crippen molar-refractivity contribution in [2.45, 2.75) is 26.2 Å². The SMILES string of the molecule is Cc1[c]oc2ccc(N(CCc3ccc(-c4cscn4)cc3)CC3CC3)cc12. The molecule has 1 fully saturated rings. The molecule has 1 radical (unpaired) electrons. The van der Waals surface area contributed by atoms with Crippen LogP contribution in [0.25, 0.3) is 22.2 Å². The highest BCUT2D eigenvalue weighted by Crippen LogP contribution is 2.33. The van der Waals surface area contributed by atoms with Gasteiger partial charge in [0.25, 0.3) is 0 Å². The van der Waals surface area contributed by atoms with Gasteiger partial charge in [-0.1, -0.05) is 24.3 Å². The number of aromatic nitrogens is 1. The van der Waals surface area contributed by atoms with Crippen LogP contribution in [0.15, 0.2) is 57.8 Å². The summed E-state index contributed by atoms with van der Waals surface area (Å²) in [7, 11) is 0. The van der Waals surface area contributed by atoms with E-state index in [0.717, 1.165) is 42.3 Å². The van der Waals surface area contributed by atoms with Gasteiger partial charge in [0.15, 0.2) is 6.26 Å².